The Morgan fingerprint density at radius 2 is 1.74 bits per heavy atom. The molecule has 1 saturated heterocycles. The number of aromatic nitrogens is 1. The fourth-order valence-electron chi connectivity index (χ4n) is 5.18. The highest BCUT2D eigenvalue weighted by atomic mass is 19.4. The van der Waals surface area contributed by atoms with Crippen LogP contribution in [-0.4, -0.2) is 42.1 Å². The number of hydrogen-bond donors (Lipinski definition) is 1. The Balaban J connectivity index is 1.53. The summed E-state index contributed by atoms with van der Waals surface area (Å²) >= 11 is 0. The van der Waals surface area contributed by atoms with Crippen LogP contribution in [0.15, 0.2) is 30.5 Å². The third kappa shape index (κ3) is 3.78. The Morgan fingerprint density at radius 1 is 1.06 bits per heavy atom. The van der Waals surface area contributed by atoms with E-state index in [2.05, 4.69) is 10.3 Å². The van der Waals surface area contributed by atoms with Crippen molar-refractivity contribution in [1.82, 2.24) is 9.88 Å². The van der Waals surface area contributed by atoms with Crippen LogP contribution in [0, 0.1) is 0 Å². The minimum absolute atomic E-state index is 0.0716. The summed E-state index contributed by atoms with van der Waals surface area (Å²) in [5, 5.41) is 3.17. The number of alkyl halides is 3. The van der Waals surface area contributed by atoms with Crippen molar-refractivity contribution in [2.24, 2.45) is 0 Å². The van der Waals surface area contributed by atoms with Gasteiger partial charge in [-0.25, -0.2) is 4.98 Å². The van der Waals surface area contributed by atoms with Gasteiger partial charge in [0.15, 0.2) is 0 Å². The van der Waals surface area contributed by atoms with Gasteiger partial charge in [0.2, 0.25) is 0 Å². The van der Waals surface area contributed by atoms with E-state index in [4.69, 9.17) is 4.74 Å². The quantitative estimate of drug-likeness (QED) is 0.737. The Morgan fingerprint density at radius 3 is 2.42 bits per heavy atom. The predicted octanol–water partition coefficient (Wildman–Crippen LogP) is 5.07. The summed E-state index contributed by atoms with van der Waals surface area (Å²) in [6.45, 7) is 2.14. The first-order valence-electron chi connectivity index (χ1n) is 10.8. The van der Waals surface area contributed by atoms with Crippen LogP contribution in [0.4, 0.5) is 24.5 Å². The van der Waals surface area contributed by atoms with Gasteiger partial charge in [0.05, 0.1) is 30.7 Å². The molecule has 2 bridgehead atoms. The lowest BCUT2D eigenvalue weighted by molar-refractivity contribution is -0.137. The number of benzene rings is 1. The van der Waals surface area contributed by atoms with Gasteiger partial charge in [-0.15, -0.1) is 0 Å². The number of fused-ring (bicyclic) bond motifs is 2. The average Bonchev–Trinajstić information content (AvgIpc) is 2.80. The first-order valence-corrected chi connectivity index (χ1v) is 10.8. The van der Waals surface area contributed by atoms with Gasteiger partial charge >= 0.3 is 6.18 Å². The van der Waals surface area contributed by atoms with Crippen LogP contribution in [0.2, 0.25) is 0 Å². The summed E-state index contributed by atoms with van der Waals surface area (Å²) in [6.07, 6.45) is 1.33. The molecule has 0 spiro atoms. The first kappa shape index (κ1) is 20.3. The lowest BCUT2D eigenvalue weighted by atomic mass is 9.66. The number of anilines is 2. The number of nitrogens with zero attached hydrogens (tertiary/aromatic N) is 2. The van der Waals surface area contributed by atoms with Crippen LogP contribution in [-0.2, 0) is 10.9 Å². The first-order chi connectivity index (χ1) is 14.9. The second-order valence-electron chi connectivity index (χ2n) is 8.50. The summed E-state index contributed by atoms with van der Waals surface area (Å²) < 4.78 is 44.8. The second kappa shape index (κ2) is 7.82. The van der Waals surface area contributed by atoms with Gasteiger partial charge < -0.3 is 15.0 Å². The topological polar surface area (TPSA) is 54.5 Å². The molecule has 1 aliphatic heterocycles. The fourth-order valence-corrected chi connectivity index (χ4v) is 5.18. The number of carbonyl (C=O) groups excluding carboxylic acids is 1. The van der Waals surface area contributed by atoms with E-state index in [9.17, 15) is 18.0 Å². The third-order valence-corrected chi connectivity index (χ3v) is 6.67. The fraction of sp³-hybridized carbons (Fsp3) is 0.478. The molecular weight excluding hydrogens is 407 g/mol. The molecular formula is C23H24F3N3O2. The summed E-state index contributed by atoms with van der Waals surface area (Å²) in [5.41, 5.74) is 2.94. The number of nitrogens with one attached hydrogen (secondary N) is 1. The van der Waals surface area contributed by atoms with Gasteiger partial charge in [-0.2, -0.15) is 13.2 Å². The zero-order valence-corrected chi connectivity index (χ0v) is 17.0. The standard InChI is InChI=1S/C23H24F3N3O2/c24-23(25,26)16-2-1-3-17(12-16)28-18-13-27-21(22(30)29-8-10-31-11-9-29)20-15-6-4-14(5-7-15)19(18)20/h1-3,12-15,28H,4-11H2. The van der Waals surface area contributed by atoms with E-state index in [1.165, 1.54) is 6.07 Å². The number of halogens is 3. The Labute approximate surface area is 178 Å². The van der Waals surface area contributed by atoms with Crippen LogP contribution in [0.5, 0.6) is 0 Å². The number of morpholine rings is 1. The zero-order valence-electron chi connectivity index (χ0n) is 17.0. The highest BCUT2D eigenvalue weighted by molar-refractivity contribution is 5.95. The van der Waals surface area contributed by atoms with E-state index in [1.807, 2.05) is 0 Å². The van der Waals surface area contributed by atoms with Crippen molar-refractivity contribution in [3.8, 4) is 0 Å². The van der Waals surface area contributed by atoms with Gasteiger partial charge in [0.25, 0.3) is 5.91 Å². The maximum absolute atomic E-state index is 13.2. The van der Waals surface area contributed by atoms with E-state index < -0.39 is 11.7 Å². The molecule has 4 aliphatic rings. The van der Waals surface area contributed by atoms with Gasteiger partial charge in [-0.3, -0.25) is 4.79 Å². The van der Waals surface area contributed by atoms with Crippen molar-refractivity contribution in [3.05, 3.63) is 52.8 Å². The molecule has 1 saturated carbocycles. The maximum Gasteiger partial charge on any atom is 0.416 e. The van der Waals surface area contributed by atoms with E-state index in [0.717, 1.165) is 48.9 Å². The van der Waals surface area contributed by atoms with Crippen LogP contribution in [0.3, 0.4) is 0 Å². The van der Waals surface area contributed by atoms with Crippen molar-refractivity contribution in [3.63, 3.8) is 0 Å². The van der Waals surface area contributed by atoms with Gasteiger partial charge in [0, 0.05) is 18.8 Å². The molecule has 1 N–H and O–H groups in total. The molecule has 8 heteroatoms. The summed E-state index contributed by atoms with van der Waals surface area (Å²) in [6, 6.07) is 5.19. The van der Waals surface area contributed by atoms with Crippen LogP contribution >= 0.6 is 0 Å². The van der Waals surface area contributed by atoms with Crippen molar-refractivity contribution in [2.75, 3.05) is 31.6 Å². The number of ether oxygens (including phenoxy) is 1. The summed E-state index contributed by atoms with van der Waals surface area (Å²) in [7, 11) is 0. The molecule has 2 aromatic rings. The molecule has 6 rings (SSSR count). The normalized spacial score (nSPS) is 22.9. The van der Waals surface area contributed by atoms with Gasteiger partial charge in [0.1, 0.15) is 5.69 Å². The molecule has 31 heavy (non-hydrogen) atoms. The van der Waals surface area contributed by atoms with E-state index in [-0.39, 0.29) is 11.8 Å². The average molecular weight is 431 g/mol. The smallest absolute Gasteiger partial charge is 0.378 e. The monoisotopic (exact) mass is 431 g/mol. The van der Waals surface area contributed by atoms with Crippen molar-refractivity contribution in [1.29, 1.82) is 0 Å². The molecule has 5 nitrogen and oxygen atoms in total. The molecule has 1 aromatic heterocycles. The number of amides is 1. The van der Waals surface area contributed by atoms with E-state index in [0.29, 0.717) is 49.3 Å². The van der Waals surface area contributed by atoms with Crippen LogP contribution in [0.25, 0.3) is 0 Å². The number of pyridine rings is 1. The molecule has 0 unspecified atom stereocenters. The molecule has 164 valence electrons. The molecule has 0 atom stereocenters. The van der Waals surface area contributed by atoms with Crippen LogP contribution in [0.1, 0.15) is 64.7 Å². The van der Waals surface area contributed by atoms with Gasteiger partial charge in [-0.05, 0) is 66.8 Å². The second-order valence-corrected chi connectivity index (χ2v) is 8.50. The highest BCUT2D eigenvalue weighted by Crippen LogP contribution is 2.53. The highest BCUT2D eigenvalue weighted by Gasteiger charge is 2.39. The molecule has 2 heterocycles. The summed E-state index contributed by atoms with van der Waals surface area (Å²) in [5.74, 6) is 0.501. The maximum atomic E-state index is 13.2. The Kier molecular flexibility index (Phi) is 5.12. The third-order valence-electron chi connectivity index (χ3n) is 6.67. The van der Waals surface area contributed by atoms with Crippen molar-refractivity contribution in [2.45, 2.75) is 43.7 Å². The number of carbonyl (C=O) groups is 1. The van der Waals surface area contributed by atoms with E-state index in [1.54, 1.807) is 17.2 Å². The Bertz CT molecular complexity index is 994. The zero-order chi connectivity index (χ0) is 21.6. The minimum Gasteiger partial charge on any atom is -0.378 e. The Hall–Kier alpha value is -2.61. The lowest BCUT2D eigenvalue weighted by Gasteiger charge is -2.40. The van der Waals surface area contributed by atoms with E-state index >= 15 is 0 Å². The molecule has 2 fully saturated rings. The number of hydrogen-bond acceptors (Lipinski definition) is 4. The van der Waals surface area contributed by atoms with Crippen LogP contribution < -0.4 is 5.32 Å². The number of rotatable bonds is 3. The largest absolute Gasteiger partial charge is 0.416 e. The molecule has 1 amide bonds. The predicted molar refractivity (Wildman–Crippen MR) is 110 cm³/mol. The molecule has 0 radical (unpaired) electrons. The minimum atomic E-state index is -4.40. The SMILES string of the molecule is O=C(c1ncc(Nc2cccc(C(F)(F)F)c2)c2c1C1CCC2CC1)N1CCOCC1. The molecule has 3 aliphatic carbocycles. The van der Waals surface area contributed by atoms with Crippen molar-refractivity contribution < 1.29 is 22.7 Å². The summed E-state index contributed by atoms with van der Waals surface area (Å²) in [4.78, 5) is 19.6. The van der Waals surface area contributed by atoms with Gasteiger partial charge in [-0.1, -0.05) is 6.07 Å². The van der Waals surface area contributed by atoms with Crippen molar-refractivity contribution >= 4 is 17.3 Å². The molecule has 1 aromatic carbocycles. The lowest BCUT2D eigenvalue weighted by Crippen LogP contribution is -2.42.